The van der Waals surface area contributed by atoms with Crippen LogP contribution in [0.25, 0.3) is 208 Å². The van der Waals surface area contributed by atoms with Gasteiger partial charge in [0.05, 0.1) is 11.1 Å². The number of rotatable bonds is 11. The lowest BCUT2D eigenvalue weighted by Gasteiger charge is -2.12. The predicted molar refractivity (Wildman–Crippen MR) is 413 cm³/mol. The van der Waals surface area contributed by atoms with Crippen LogP contribution in [-0.2, 0) is 0 Å². The van der Waals surface area contributed by atoms with Gasteiger partial charge < -0.3 is 8.83 Å². The van der Waals surface area contributed by atoms with Gasteiger partial charge in [0.2, 0.25) is 0 Å². The van der Waals surface area contributed by atoms with Crippen molar-refractivity contribution in [2.24, 2.45) is 0 Å². The van der Waals surface area contributed by atoms with Crippen LogP contribution in [0.15, 0.2) is 324 Å². The van der Waals surface area contributed by atoms with Crippen LogP contribution < -0.4 is 0 Å². The maximum atomic E-state index is 7.09. The van der Waals surface area contributed by atoms with Gasteiger partial charge in [-0.2, -0.15) is 0 Å². The summed E-state index contributed by atoms with van der Waals surface area (Å²) in [5.41, 5.74) is 18.9. The Morgan fingerprint density at radius 2 is 0.550 bits per heavy atom. The Morgan fingerprint density at radius 1 is 0.200 bits per heavy atom. The van der Waals surface area contributed by atoms with Crippen molar-refractivity contribution >= 4 is 107 Å². The van der Waals surface area contributed by atoms with Gasteiger partial charge >= 0.3 is 0 Å². The van der Waals surface area contributed by atoms with Crippen molar-refractivity contribution in [2.45, 2.75) is 0 Å². The topological polar surface area (TPSA) is 104 Å². The highest BCUT2D eigenvalue weighted by atomic mass is 32.1. The van der Waals surface area contributed by atoms with E-state index in [4.69, 9.17) is 38.7 Å². The van der Waals surface area contributed by atoms with E-state index in [0.717, 1.165) is 122 Å². The van der Waals surface area contributed by atoms with E-state index < -0.39 is 0 Å². The molecule has 0 aliphatic rings. The van der Waals surface area contributed by atoms with Gasteiger partial charge in [-0.3, -0.25) is 0 Å². The number of furan rings is 2. The summed E-state index contributed by atoms with van der Waals surface area (Å²) in [7, 11) is 0. The van der Waals surface area contributed by atoms with E-state index >= 15 is 0 Å². The first-order chi connectivity index (χ1) is 49.5. The van der Waals surface area contributed by atoms with Crippen LogP contribution in [0.5, 0.6) is 0 Å². The van der Waals surface area contributed by atoms with Crippen LogP contribution in [0.2, 0.25) is 0 Å². The number of nitrogens with zero attached hydrogens (tertiary/aromatic N) is 6. The first-order valence-electron chi connectivity index (χ1n) is 33.3. The minimum absolute atomic E-state index is 0.508. The molecule has 6 heterocycles. The Labute approximate surface area is 581 Å². The fraction of sp³-hybridized carbons (Fsp3) is 0. The molecule has 6 aromatic heterocycles. The van der Waals surface area contributed by atoms with Crippen molar-refractivity contribution in [3.63, 3.8) is 0 Å². The second-order valence-corrected chi connectivity index (χ2v) is 27.3. The van der Waals surface area contributed by atoms with Crippen molar-refractivity contribution in [1.29, 1.82) is 0 Å². The average molecular weight is 1310 g/mol. The van der Waals surface area contributed by atoms with Crippen molar-refractivity contribution in [3.05, 3.63) is 315 Å². The molecule has 0 atom stereocenters. The number of para-hydroxylation sites is 2. The fourth-order valence-corrected chi connectivity index (χ4v) is 16.9. The Balaban J connectivity index is 0.735. The van der Waals surface area contributed by atoms with E-state index in [1.807, 2.05) is 65.1 Å². The Hall–Kier alpha value is -12.9. The molecule has 0 aliphatic heterocycles. The molecule has 0 saturated carbocycles. The Kier molecular flexibility index (Phi) is 13.5. The summed E-state index contributed by atoms with van der Waals surface area (Å²) in [4.78, 5) is 31.8. The highest BCUT2D eigenvalue weighted by Crippen LogP contribution is 2.49. The van der Waals surface area contributed by atoms with Crippen LogP contribution in [0.1, 0.15) is 0 Å². The van der Waals surface area contributed by atoms with Crippen LogP contribution in [0.4, 0.5) is 0 Å². The van der Waals surface area contributed by atoms with Crippen molar-refractivity contribution in [3.8, 4) is 124 Å². The summed E-state index contributed by atoms with van der Waals surface area (Å²) in [6.07, 6.45) is 0. The number of thiophene rings is 2. The van der Waals surface area contributed by atoms with E-state index in [9.17, 15) is 0 Å². The normalized spacial score (nSPS) is 11.8. The standard InChI is InChI=1S/C90H52N6O2S2/c1-4-21-53(22-5-1)55-45-47-57(48-46-55)86-92-88(96-90(94-86)71-39-17-37-69-79-65(33-19-41-75(79)97-81(69)71)68-36-16-35-67-63-31-10-12-43-77(63)99-83(67)68)61-30-15-28-59(50-61)62-51-73-64-32-11-13-44-78(64)100-84(73)74(52-62)66-34-20-42-76-80(66)70-38-18-40-72(82(70)98-76)89-93-85(56-25-8-3-9-26-56)91-87(95-89)60-29-14-27-58(49-60)54-23-6-2-7-24-54/h1-52H. The zero-order chi connectivity index (χ0) is 65.8. The second kappa shape index (κ2) is 23.5. The summed E-state index contributed by atoms with van der Waals surface area (Å²) in [5.74, 6) is 3.26. The highest BCUT2D eigenvalue weighted by Gasteiger charge is 2.25. The van der Waals surface area contributed by atoms with E-state index in [1.165, 1.54) is 40.5 Å². The molecule has 0 aliphatic carbocycles. The van der Waals surface area contributed by atoms with Gasteiger partial charge in [0.15, 0.2) is 34.9 Å². The molecule has 0 N–H and O–H groups in total. The fourth-order valence-electron chi connectivity index (χ4n) is 14.5. The molecule has 0 amide bonds. The van der Waals surface area contributed by atoms with E-state index in [0.29, 0.717) is 46.1 Å². The first-order valence-corrected chi connectivity index (χ1v) is 34.9. The van der Waals surface area contributed by atoms with Crippen LogP contribution in [-0.4, -0.2) is 29.9 Å². The third-order valence-electron chi connectivity index (χ3n) is 19.2. The predicted octanol–water partition coefficient (Wildman–Crippen LogP) is 24.9. The van der Waals surface area contributed by atoms with E-state index in [-0.39, 0.29) is 0 Å². The lowest BCUT2D eigenvalue weighted by Crippen LogP contribution is -2.00. The maximum absolute atomic E-state index is 7.09. The molecule has 14 aromatic carbocycles. The van der Waals surface area contributed by atoms with Gasteiger partial charge in [-0.15, -0.1) is 22.7 Å². The molecule has 20 aromatic rings. The highest BCUT2D eigenvalue weighted by molar-refractivity contribution is 7.26. The minimum Gasteiger partial charge on any atom is -0.455 e. The zero-order valence-corrected chi connectivity index (χ0v) is 55.0. The molecular weight excluding hydrogens is 1260 g/mol. The smallest absolute Gasteiger partial charge is 0.167 e. The second-order valence-electron chi connectivity index (χ2n) is 25.2. The quantitative estimate of drug-likeness (QED) is 0.126. The van der Waals surface area contributed by atoms with Gasteiger partial charge in [0.25, 0.3) is 0 Å². The number of hydrogen-bond acceptors (Lipinski definition) is 10. The number of hydrogen-bond donors (Lipinski definition) is 0. The molecule has 0 fully saturated rings. The molecule has 0 spiro atoms. The zero-order valence-electron chi connectivity index (χ0n) is 53.3. The molecule has 8 nitrogen and oxygen atoms in total. The van der Waals surface area contributed by atoms with Crippen LogP contribution in [0, 0.1) is 0 Å². The van der Waals surface area contributed by atoms with E-state index in [1.54, 1.807) is 0 Å². The monoisotopic (exact) mass is 1310 g/mol. The molecule has 0 radical (unpaired) electrons. The molecule has 466 valence electrons. The third kappa shape index (κ3) is 9.71. The molecule has 0 unspecified atom stereocenters. The summed E-state index contributed by atoms with van der Waals surface area (Å²) in [6, 6.07) is 111. The summed E-state index contributed by atoms with van der Waals surface area (Å²) in [6.45, 7) is 0. The third-order valence-corrected chi connectivity index (χ3v) is 21.7. The Bertz CT molecular complexity index is 6660. The molecule has 10 heteroatoms. The molecular formula is C90H52N6O2S2. The SMILES string of the molecule is c1ccc(-c2ccc(-c3nc(-c4cccc(-c5cc(-c6cccc7oc8c(-c9nc(-c%10ccccc%10)nc(-c%10cccc(-c%11ccccc%11)c%10)n9)cccc8c67)c6sc7ccccc7c6c5)c4)nc(-c4cccc5c4oc4cccc(-c6cccc7c6sc6ccccc67)c45)n3)cc2)cc1. The summed E-state index contributed by atoms with van der Waals surface area (Å²) in [5, 5.41) is 8.86. The maximum Gasteiger partial charge on any atom is 0.167 e. The molecule has 100 heavy (non-hydrogen) atoms. The lowest BCUT2D eigenvalue weighted by molar-refractivity contribution is 0.669. The van der Waals surface area contributed by atoms with Crippen molar-refractivity contribution in [1.82, 2.24) is 29.9 Å². The van der Waals surface area contributed by atoms with Gasteiger partial charge in [0.1, 0.15) is 22.3 Å². The van der Waals surface area contributed by atoms with Gasteiger partial charge in [-0.25, -0.2) is 29.9 Å². The average Bonchev–Trinajstić information content (AvgIpc) is 1.57. The summed E-state index contributed by atoms with van der Waals surface area (Å²) >= 11 is 3.64. The number of fused-ring (bicyclic) bond motifs is 12. The van der Waals surface area contributed by atoms with Gasteiger partial charge in [-0.1, -0.05) is 255 Å². The largest absolute Gasteiger partial charge is 0.455 e. The van der Waals surface area contributed by atoms with Gasteiger partial charge in [0, 0.05) is 95.3 Å². The minimum atomic E-state index is 0.508. The van der Waals surface area contributed by atoms with E-state index in [2.05, 4.69) is 273 Å². The summed E-state index contributed by atoms with van der Waals surface area (Å²) < 4.78 is 19.0. The van der Waals surface area contributed by atoms with Crippen LogP contribution >= 0.6 is 22.7 Å². The number of aromatic nitrogens is 6. The van der Waals surface area contributed by atoms with Crippen molar-refractivity contribution in [2.75, 3.05) is 0 Å². The van der Waals surface area contributed by atoms with Gasteiger partial charge in [-0.05, 0) is 105 Å². The number of benzene rings is 14. The first kappa shape index (κ1) is 57.4. The molecule has 0 saturated heterocycles. The molecule has 0 bridgehead atoms. The lowest BCUT2D eigenvalue weighted by atomic mass is 9.93. The van der Waals surface area contributed by atoms with Crippen LogP contribution in [0.3, 0.4) is 0 Å². The molecule has 20 rings (SSSR count). The van der Waals surface area contributed by atoms with Crippen molar-refractivity contribution < 1.29 is 8.83 Å². The Morgan fingerprint density at radius 3 is 1.11 bits per heavy atom.